The Hall–Kier alpha value is -2.42. The summed E-state index contributed by atoms with van der Waals surface area (Å²) in [7, 11) is 0. The van der Waals surface area contributed by atoms with Crippen LogP contribution in [0, 0.1) is 5.92 Å². The molecule has 1 aliphatic carbocycles. The summed E-state index contributed by atoms with van der Waals surface area (Å²) in [6, 6.07) is 3.35. The van der Waals surface area contributed by atoms with E-state index in [1.807, 2.05) is 24.4 Å². The van der Waals surface area contributed by atoms with Crippen molar-refractivity contribution in [1.82, 2.24) is 15.5 Å². The Morgan fingerprint density at radius 1 is 1.39 bits per heavy atom. The van der Waals surface area contributed by atoms with Crippen LogP contribution in [-0.2, 0) is 25.5 Å². The Labute approximate surface area is 167 Å². The van der Waals surface area contributed by atoms with Gasteiger partial charge in [-0.25, -0.2) is 4.79 Å². The molecule has 1 spiro atoms. The quantitative estimate of drug-likeness (QED) is 0.526. The highest BCUT2D eigenvalue weighted by Crippen LogP contribution is 2.38. The van der Waals surface area contributed by atoms with Gasteiger partial charge in [0.05, 0.1) is 0 Å². The van der Waals surface area contributed by atoms with Crippen LogP contribution in [0.3, 0.4) is 0 Å². The standard InChI is InChI=1S/C19H25N3O5S/c1-13-5-2-3-8-19(13)17(25)22(18(26)21-19)11-16(24)27-12-15(23)20-9-7-14-6-4-10-28-14/h4,6,10,13H,2-3,5,7-9,11-12H2,1H3,(H,20,23)(H,21,26)/t13-,19-/m1/s1. The van der Waals surface area contributed by atoms with Crippen LogP contribution in [0.25, 0.3) is 0 Å². The number of hydrogen-bond acceptors (Lipinski definition) is 6. The van der Waals surface area contributed by atoms with Crippen molar-refractivity contribution in [3.05, 3.63) is 22.4 Å². The molecule has 2 fully saturated rings. The number of nitrogens with zero attached hydrogens (tertiary/aromatic N) is 1. The smallest absolute Gasteiger partial charge is 0.326 e. The van der Waals surface area contributed by atoms with Crippen molar-refractivity contribution in [3.63, 3.8) is 0 Å². The van der Waals surface area contributed by atoms with Crippen LogP contribution in [0.15, 0.2) is 17.5 Å². The highest BCUT2D eigenvalue weighted by atomic mass is 32.1. The lowest BCUT2D eigenvalue weighted by Gasteiger charge is -2.36. The summed E-state index contributed by atoms with van der Waals surface area (Å²) in [6.45, 7) is 1.47. The number of thiophene rings is 1. The van der Waals surface area contributed by atoms with E-state index in [0.717, 1.165) is 29.0 Å². The number of urea groups is 1. The zero-order valence-corrected chi connectivity index (χ0v) is 16.7. The molecule has 1 aromatic heterocycles. The van der Waals surface area contributed by atoms with Crippen LogP contribution in [0.2, 0.25) is 0 Å². The zero-order chi connectivity index (χ0) is 20.1. The predicted molar refractivity (Wildman–Crippen MR) is 103 cm³/mol. The van der Waals surface area contributed by atoms with E-state index in [-0.39, 0.29) is 11.8 Å². The van der Waals surface area contributed by atoms with Crippen LogP contribution in [0.4, 0.5) is 4.79 Å². The summed E-state index contributed by atoms with van der Waals surface area (Å²) >= 11 is 1.61. The molecule has 1 aromatic rings. The fraction of sp³-hybridized carbons (Fsp3) is 0.579. The van der Waals surface area contributed by atoms with Gasteiger partial charge in [-0.1, -0.05) is 25.8 Å². The maximum Gasteiger partial charge on any atom is 0.326 e. The van der Waals surface area contributed by atoms with Gasteiger partial charge in [0.1, 0.15) is 12.1 Å². The van der Waals surface area contributed by atoms with E-state index in [1.54, 1.807) is 11.3 Å². The molecule has 0 unspecified atom stereocenters. The Bertz CT molecular complexity index is 751. The molecule has 0 aromatic carbocycles. The molecule has 3 rings (SSSR count). The molecule has 28 heavy (non-hydrogen) atoms. The molecule has 152 valence electrons. The average molecular weight is 407 g/mol. The molecular formula is C19H25N3O5S. The number of hydrogen-bond donors (Lipinski definition) is 2. The van der Waals surface area contributed by atoms with Gasteiger partial charge in [-0.3, -0.25) is 19.3 Å². The van der Waals surface area contributed by atoms with Crippen molar-refractivity contribution in [2.45, 2.75) is 44.6 Å². The molecule has 0 radical (unpaired) electrons. The Morgan fingerprint density at radius 2 is 2.21 bits per heavy atom. The van der Waals surface area contributed by atoms with Gasteiger partial charge in [0.2, 0.25) is 0 Å². The number of esters is 1. The summed E-state index contributed by atoms with van der Waals surface area (Å²) in [4.78, 5) is 50.9. The average Bonchev–Trinajstić information content (AvgIpc) is 3.26. The minimum Gasteiger partial charge on any atom is -0.454 e. The van der Waals surface area contributed by atoms with Gasteiger partial charge in [-0.2, -0.15) is 0 Å². The van der Waals surface area contributed by atoms with Crippen LogP contribution < -0.4 is 10.6 Å². The Balaban J connectivity index is 1.43. The molecule has 1 aliphatic heterocycles. The molecular weight excluding hydrogens is 382 g/mol. The number of rotatable bonds is 7. The molecule has 2 aliphatic rings. The summed E-state index contributed by atoms with van der Waals surface area (Å²) in [6.07, 6.45) is 4.03. The third kappa shape index (κ3) is 4.35. The van der Waals surface area contributed by atoms with Gasteiger partial charge in [0.25, 0.3) is 11.8 Å². The Kier molecular flexibility index (Phi) is 6.33. The fourth-order valence-electron chi connectivity index (χ4n) is 3.79. The van der Waals surface area contributed by atoms with E-state index in [4.69, 9.17) is 4.74 Å². The summed E-state index contributed by atoms with van der Waals surface area (Å²) in [5.41, 5.74) is -0.908. The van der Waals surface area contributed by atoms with Crippen LogP contribution in [-0.4, -0.2) is 54.0 Å². The van der Waals surface area contributed by atoms with Crippen LogP contribution in [0.1, 0.15) is 37.5 Å². The third-order valence-electron chi connectivity index (χ3n) is 5.43. The van der Waals surface area contributed by atoms with Crippen molar-refractivity contribution in [1.29, 1.82) is 0 Å². The number of amides is 4. The third-order valence-corrected chi connectivity index (χ3v) is 6.36. The molecule has 2 N–H and O–H groups in total. The van der Waals surface area contributed by atoms with Gasteiger partial charge < -0.3 is 15.4 Å². The maximum atomic E-state index is 12.8. The molecule has 1 saturated heterocycles. The maximum absolute atomic E-state index is 12.8. The summed E-state index contributed by atoms with van der Waals surface area (Å²) < 4.78 is 4.93. The zero-order valence-electron chi connectivity index (χ0n) is 15.9. The second-order valence-electron chi connectivity index (χ2n) is 7.28. The van der Waals surface area contributed by atoms with Gasteiger partial charge >= 0.3 is 12.0 Å². The first kappa shape index (κ1) is 20.3. The number of imide groups is 1. The normalized spacial score (nSPS) is 24.3. The lowest BCUT2D eigenvalue weighted by molar-refractivity contribution is -0.151. The van der Waals surface area contributed by atoms with E-state index in [1.165, 1.54) is 0 Å². The lowest BCUT2D eigenvalue weighted by atomic mass is 9.73. The first-order valence-corrected chi connectivity index (χ1v) is 10.4. The van der Waals surface area contributed by atoms with Gasteiger partial charge in [-0.05, 0) is 36.6 Å². The first-order chi connectivity index (χ1) is 13.4. The Morgan fingerprint density at radius 3 is 2.93 bits per heavy atom. The number of carbonyl (C=O) groups excluding carboxylic acids is 4. The van der Waals surface area contributed by atoms with Crippen molar-refractivity contribution in [2.75, 3.05) is 19.7 Å². The topological polar surface area (TPSA) is 105 Å². The van der Waals surface area contributed by atoms with Gasteiger partial charge in [-0.15, -0.1) is 11.3 Å². The monoisotopic (exact) mass is 407 g/mol. The van der Waals surface area contributed by atoms with E-state index in [0.29, 0.717) is 19.4 Å². The molecule has 9 heteroatoms. The molecule has 0 bridgehead atoms. The van der Waals surface area contributed by atoms with Crippen molar-refractivity contribution in [3.8, 4) is 0 Å². The lowest BCUT2D eigenvalue weighted by Crippen LogP contribution is -2.54. The minimum atomic E-state index is -0.908. The van der Waals surface area contributed by atoms with E-state index >= 15 is 0 Å². The second-order valence-corrected chi connectivity index (χ2v) is 8.31. The summed E-state index contributed by atoms with van der Waals surface area (Å²) in [5.74, 6) is -1.55. The van der Waals surface area contributed by atoms with Crippen LogP contribution in [0.5, 0.6) is 0 Å². The van der Waals surface area contributed by atoms with Crippen LogP contribution >= 0.6 is 11.3 Å². The molecule has 2 heterocycles. The minimum absolute atomic E-state index is 0.0212. The molecule has 1 saturated carbocycles. The molecule has 4 amide bonds. The van der Waals surface area contributed by atoms with Gasteiger partial charge in [0.15, 0.2) is 6.61 Å². The van der Waals surface area contributed by atoms with Gasteiger partial charge in [0, 0.05) is 11.4 Å². The van der Waals surface area contributed by atoms with Crippen molar-refractivity contribution in [2.24, 2.45) is 5.92 Å². The molecule has 2 atom stereocenters. The summed E-state index contributed by atoms with van der Waals surface area (Å²) in [5, 5.41) is 7.42. The van der Waals surface area contributed by atoms with E-state index in [2.05, 4.69) is 10.6 Å². The largest absolute Gasteiger partial charge is 0.454 e. The highest BCUT2D eigenvalue weighted by Gasteiger charge is 2.55. The number of carbonyl (C=O) groups is 4. The highest BCUT2D eigenvalue weighted by molar-refractivity contribution is 7.09. The number of nitrogens with one attached hydrogen (secondary N) is 2. The fourth-order valence-corrected chi connectivity index (χ4v) is 4.50. The predicted octanol–water partition coefficient (Wildman–Crippen LogP) is 1.45. The number of ether oxygens (including phenoxy) is 1. The SMILES string of the molecule is C[C@@H]1CCCC[C@@]12NC(=O)N(CC(=O)OCC(=O)NCCc1cccs1)C2=O. The van der Waals surface area contributed by atoms with E-state index < -0.39 is 36.6 Å². The second kappa shape index (κ2) is 8.72. The molecule has 8 nitrogen and oxygen atoms in total. The van der Waals surface area contributed by atoms with Crippen molar-refractivity contribution >= 4 is 35.2 Å². The van der Waals surface area contributed by atoms with E-state index in [9.17, 15) is 19.2 Å². The first-order valence-electron chi connectivity index (χ1n) is 9.51. The van der Waals surface area contributed by atoms with Crippen molar-refractivity contribution < 1.29 is 23.9 Å².